The maximum Gasteiger partial charge on any atom is 0.243 e. The SMILES string of the molecule is CC(O)CN(C)S(=O)(=O)c1ccc(F)c(F)c1. The van der Waals surface area contributed by atoms with Crippen molar-refractivity contribution in [3.63, 3.8) is 0 Å². The smallest absolute Gasteiger partial charge is 0.243 e. The third-order valence-corrected chi connectivity index (χ3v) is 3.94. The van der Waals surface area contributed by atoms with Gasteiger partial charge in [0.15, 0.2) is 11.6 Å². The molecule has 1 unspecified atom stereocenters. The molecule has 1 aromatic carbocycles. The molecule has 7 heteroatoms. The second kappa shape index (κ2) is 5.07. The molecule has 0 saturated carbocycles. The second-order valence-electron chi connectivity index (χ2n) is 3.71. The van der Waals surface area contributed by atoms with Crippen molar-refractivity contribution in [2.24, 2.45) is 0 Å². The Hall–Kier alpha value is -1.05. The molecule has 0 bridgehead atoms. The summed E-state index contributed by atoms with van der Waals surface area (Å²) in [5.41, 5.74) is 0. The van der Waals surface area contributed by atoms with Crippen LogP contribution in [0, 0.1) is 11.6 Å². The largest absolute Gasteiger partial charge is 0.392 e. The molecule has 96 valence electrons. The Bertz CT molecular complexity index is 502. The quantitative estimate of drug-likeness (QED) is 0.882. The van der Waals surface area contributed by atoms with Crippen molar-refractivity contribution in [3.05, 3.63) is 29.8 Å². The first kappa shape index (κ1) is 14.0. The van der Waals surface area contributed by atoms with Crippen LogP contribution in [0.2, 0.25) is 0 Å². The molecule has 1 aromatic rings. The van der Waals surface area contributed by atoms with Gasteiger partial charge in [-0.2, -0.15) is 4.31 Å². The lowest BCUT2D eigenvalue weighted by Crippen LogP contribution is -2.33. The van der Waals surface area contributed by atoms with Crippen molar-refractivity contribution in [2.75, 3.05) is 13.6 Å². The van der Waals surface area contributed by atoms with E-state index in [1.165, 1.54) is 14.0 Å². The molecular weight excluding hydrogens is 252 g/mol. The van der Waals surface area contributed by atoms with Crippen molar-refractivity contribution >= 4 is 10.0 Å². The van der Waals surface area contributed by atoms with Crippen LogP contribution in [0.4, 0.5) is 8.78 Å². The summed E-state index contributed by atoms with van der Waals surface area (Å²) in [4.78, 5) is -0.348. The normalized spacial score (nSPS) is 14.0. The summed E-state index contributed by atoms with van der Waals surface area (Å²) < 4.78 is 50.2. The maximum atomic E-state index is 12.9. The van der Waals surface area contributed by atoms with Crippen LogP contribution >= 0.6 is 0 Å². The van der Waals surface area contributed by atoms with Gasteiger partial charge < -0.3 is 5.11 Å². The highest BCUT2D eigenvalue weighted by Gasteiger charge is 2.23. The van der Waals surface area contributed by atoms with E-state index in [4.69, 9.17) is 5.11 Å². The number of hydrogen-bond acceptors (Lipinski definition) is 3. The van der Waals surface area contributed by atoms with Crippen molar-refractivity contribution in [2.45, 2.75) is 17.9 Å². The van der Waals surface area contributed by atoms with Gasteiger partial charge in [0.25, 0.3) is 0 Å². The Morgan fingerprint density at radius 1 is 1.35 bits per heavy atom. The monoisotopic (exact) mass is 265 g/mol. The van der Waals surface area contributed by atoms with Gasteiger partial charge >= 0.3 is 0 Å². The molecule has 17 heavy (non-hydrogen) atoms. The van der Waals surface area contributed by atoms with E-state index in [-0.39, 0.29) is 11.4 Å². The van der Waals surface area contributed by atoms with Gasteiger partial charge in [-0.3, -0.25) is 0 Å². The third kappa shape index (κ3) is 3.21. The predicted octanol–water partition coefficient (Wildman–Crippen LogP) is 0.966. The minimum atomic E-state index is -3.91. The van der Waals surface area contributed by atoms with Crippen LogP contribution in [0.25, 0.3) is 0 Å². The summed E-state index contributed by atoms with van der Waals surface area (Å²) in [6, 6.07) is 2.34. The average Bonchev–Trinajstić information content (AvgIpc) is 2.20. The van der Waals surface area contributed by atoms with Crippen molar-refractivity contribution in [1.82, 2.24) is 4.31 Å². The molecular formula is C10H13F2NO3S. The van der Waals surface area contributed by atoms with E-state index >= 15 is 0 Å². The summed E-state index contributed by atoms with van der Waals surface area (Å²) >= 11 is 0. The summed E-state index contributed by atoms with van der Waals surface area (Å²) in [6.07, 6.45) is -0.847. The molecule has 4 nitrogen and oxygen atoms in total. The lowest BCUT2D eigenvalue weighted by molar-refractivity contribution is 0.171. The van der Waals surface area contributed by atoms with Crippen LogP contribution in [-0.4, -0.2) is 37.5 Å². The van der Waals surface area contributed by atoms with Crippen LogP contribution in [0.5, 0.6) is 0 Å². The van der Waals surface area contributed by atoms with Crippen LogP contribution in [0.3, 0.4) is 0 Å². The third-order valence-electron chi connectivity index (χ3n) is 2.12. The molecule has 0 saturated heterocycles. The van der Waals surface area contributed by atoms with Gasteiger partial charge in [0, 0.05) is 13.6 Å². The van der Waals surface area contributed by atoms with E-state index in [9.17, 15) is 17.2 Å². The standard InChI is InChI=1S/C10H13F2NO3S/c1-7(14)6-13(2)17(15,16)8-3-4-9(11)10(12)5-8/h3-5,7,14H,6H2,1-2H3. The Kier molecular flexibility index (Phi) is 4.18. The van der Waals surface area contributed by atoms with E-state index in [1.54, 1.807) is 0 Å². The van der Waals surface area contributed by atoms with Crippen LogP contribution in [0.1, 0.15) is 6.92 Å². The highest BCUT2D eigenvalue weighted by atomic mass is 32.2. The molecule has 1 N–H and O–H groups in total. The Balaban J connectivity index is 3.09. The lowest BCUT2D eigenvalue weighted by atomic mass is 10.3. The first-order valence-corrected chi connectivity index (χ1v) is 6.28. The summed E-state index contributed by atoms with van der Waals surface area (Å²) in [7, 11) is -2.65. The number of nitrogens with zero attached hydrogens (tertiary/aromatic N) is 1. The number of benzene rings is 1. The zero-order valence-electron chi connectivity index (χ0n) is 9.39. The molecule has 0 aliphatic carbocycles. The minimum Gasteiger partial charge on any atom is -0.392 e. The van der Waals surface area contributed by atoms with Crippen LogP contribution in [0.15, 0.2) is 23.1 Å². The summed E-state index contributed by atoms with van der Waals surface area (Å²) in [5, 5.41) is 9.09. The molecule has 1 atom stereocenters. The van der Waals surface area contributed by atoms with Gasteiger partial charge in [-0.15, -0.1) is 0 Å². The van der Waals surface area contributed by atoms with Gasteiger partial charge in [-0.1, -0.05) is 0 Å². The number of halogens is 2. The Morgan fingerprint density at radius 2 is 1.94 bits per heavy atom. The highest BCUT2D eigenvalue weighted by Crippen LogP contribution is 2.17. The van der Waals surface area contributed by atoms with Crippen molar-refractivity contribution < 1.29 is 22.3 Å². The average molecular weight is 265 g/mol. The topological polar surface area (TPSA) is 57.6 Å². The highest BCUT2D eigenvalue weighted by molar-refractivity contribution is 7.89. The van der Waals surface area contributed by atoms with Crippen LogP contribution in [-0.2, 0) is 10.0 Å². The van der Waals surface area contributed by atoms with E-state index < -0.39 is 27.8 Å². The molecule has 0 heterocycles. The lowest BCUT2D eigenvalue weighted by Gasteiger charge is -2.18. The zero-order valence-corrected chi connectivity index (χ0v) is 10.2. The van der Waals surface area contributed by atoms with Crippen molar-refractivity contribution in [1.29, 1.82) is 0 Å². The van der Waals surface area contributed by atoms with E-state index in [0.29, 0.717) is 6.07 Å². The van der Waals surface area contributed by atoms with Gasteiger partial charge in [0.2, 0.25) is 10.0 Å². The number of sulfonamides is 1. The van der Waals surface area contributed by atoms with Crippen LogP contribution < -0.4 is 0 Å². The van der Waals surface area contributed by atoms with Crippen molar-refractivity contribution in [3.8, 4) is 0 Å². The minimum absolute atomic E-state index is 0.124. The van der Waals surface area contributed by atoms with Gasteiger partial charge in [-0.25, -0.2) is 17.2 Å². The van der Waals surface area contributed by atoms with Gasteiger partial charge in [0.1, 0.15) is 0 Å². The molecule has 1 rings (SSSR count). The fraction of sp³-hybridized carbons (Fsp3) is 0.400. The van der Waals surface area contributed by atoms with E-state index in [2.05, 4.69) is 0 Å². The van der Waals surface area contributed by atoms with Gasteiger partial charge in [-0.05, 0) is 25.1 Å². The molecule has 0 aliphatic heterocycles. The zero-order chi connectivity index (χ0) is 13.2. The molecule has 0 aliphatic rings. The number of rotatable bonds is 4. The predicted molar refractivity (Wildman–Crippen MR) is 57.9 cm³/mol. The fourth-order valence-corrected chi connectivity index (χ4v) is 2.55. The fourth-order valence-electron chi connectivity index (χ4n) is 1.29. The Morgan fingerprint density at radius 3 is 2.41 bits per heavy atom. The van der Waals surface area contributed by atoms with E-state index in [1.807, 2.05) is 0 Å². The summed E-state index contributed by atoms with van der Waals surface area (Å²) in [6.45, 7) is 1.30. The first-order chi connectivity index (χ1) is 7.75. The number of hydrogen-bond donors (Lipinski definition) is 1. The maximum absolute atomic E-state index is 12.9. The number of aliphatic hydroxyl groups is 1. The number of aliphatic hydroxyl groups excluding tert-OH is 1. The molecule has 0 aromatic heterocycles. The molecule has 0 fully saturated rings. The first-order valence-electron chi connectivity index (χ1n) is 4.84. The summed E-state index contributed by atoms with van der Waals surface area (Å²) in [5.74, 6) is -2.33. The van der Waals surface area contributed by atoms with Gasteiger partial charge in [0.05, 0.1) is 11.0 Å². The molecule has 0 radical (unpaired) electrons. The molecule has 0 amide bonds. The Labute approximate surface area is 98.5 Å². The van der Waals surface area contributed by atoms with E-state index in [0.717, 1.165) is 16.4 Å². The number of likely N-dealkylation sites (N-methyl/N-ethyl adjacent to an activating group) is 1. The molecule has 0 spiro atoms. The second-order valence-corrected chi connectivity index (χ2v) is 5.76.